The van der Waals surface area contributed by atoms with E-state index in [4.69, 9.17) is 63.1 Å². The van der Waals surface area contributed by atoms with Gasteiger partial charge in [-0.1, -0.05) is 27.7 Å². The van der Waals surface area contributed by atoms with Gasteiger partial charge in [-0.3, -0.25) is 53.7 Å². The van der Waals surface area contributed by atoms with E-state index in [1.165, 1.54) is 0 Å². The number of rotatable bonds is 35. The summed E-state index contributed by atoms with van der Waals surface area (Å²) in [6, 6.07) is -8.86. The molecule has 70 heavy (non-hydrogen) atoms. The second-order valence-corrected chi connectivity index (χ2v) is 16.9. The summed E-state index contributed by atoms with van der Waals surface area (Å²) in [5.41, 5.74) is 60.3. The van der Waals surface area contributed by atoms with Crippen molar-refractivity contribution in [2.24, 2.45) is 99.9 Å². The predicted molar refractivity (Wildman–Crippen MR) is 266 cm³/mol. The number of guanidine groups is 5. The summed E-state index contributed by atoms with van der Waals surface area (Å²) in [6.07, 6.45) is 1.21. The molecule has 0 aliphatic heterocycles. The first-order valence-electron chi connectivity index (χ1n) is 22.8. The van der Waals surface area contributed by atoms with Crippen molar-refractivity contribution in [2.45, 2.75) is 134 Å². The van der Waals surface area contributed by atoms with Crippen molar-refractivity contribution in [3.63, 3.8) is 0 Å². The van der Waals surface area contributed by atoms with Gasteiger partial charge in [0, 0.05) is 32.7 Å². The number of nitrogens with zero attached hydrogens (tertiary/aromatic N) is 5. The largest absolute Gasteiger partial charge is 0.480 e. The number of carbonyl (C=O) groups excluding carboxylic acids is 6. The van der Waals surface area contributed by atoms with E-state index >= 15 is 0 Å². The highest BCUT2D eigenvalue weighted by molar-refractivity contribution is 5.97. The highest BCUT2D eigenvalue weighted by atomic mass is 16.4. The second kappa shape index (κ2) is 34.0. The molecule has 30 heteroatoms. The third-order valence-corrected chi connectivity index (χ3v) is 10.1. The molecule has 0 aliphatic rings. The summed E-state index contributed by atoms with van der Waals surface area (Å²) in [5.74, 6) is -8.11. The zero-order valence-corrected chi connectivity index (χ0v) is 40.7. The number of carboxylic acid groups (broad SMARTS) is 1. The molecule has 7 atom stereocenters. The molecule has 0 saturated carbocycles. The quantitative estimate of drug-likeness (QED) is 0.0159. The van der Waals surface area contributed by atoms with E-state index in [9.17, 15) is 38.7 Å². The van der Waals surface area contributed by atoms with E-state index in [2.05, 4.69) is 56.9 Å². The summed E-state index contributed by atoms with van der Waals surface area (Å²) in [7, 11) is 0. The number of carbonyl (C=O) groups is 7. The lowest BCUT2D eigenvalue weighted by atomic mass is 9.99. The highest BCUT2D eigenvalue weighted by Crippen LogP contribution is 2.11. The van der Waals surface area contributed by atoms with Crippen LogP contribution in [0.4, 0.5) is 0 Å². The van der Waals surface area contributed by atoms with E-state index in [0.717, 1.165) is 0 Å². The van der Waals surface area contributed by atoms with Gasteiger partial charge in [0.05, 0.1) is 6.04 Å². The van der Waals surface area contributed by atoms with E-state index in [-0.39, 0.29) is 120 Å². The number of aliphatic imine (C=N–C) groups is 5. The minimum absolute atomic E-state index is 0.0373. The fourth-order valence-electron chi connectivity index (χ4n) is 6.38. The fourth-order valence-corrected chi connectivity index (χ4v) is 6.38. The van der Waals surface area contributed by atoms with E-state index < -0.39 is 95.5 Å². The van der Waals surface area contributed by atoms with E-state index in [0.29, 0.717) is 6.42 Å². The van der Waals surface area contributed by atoms with Crippen LogP contribution in [0, 0.1) is 11.8 Å². The van der Waals surface area contributed by atoms with Gasteiger partial charge in [0.15, 0.2) is 29.8 Å². The van der Waals surface area contributed by atoms with E-state index in [1.807, 2.05) is 0 Å². The minimum atomic E-state index is -1.38. The molecule has 398 valence electrons. The Morgan fingerprint density at radius 3 is 0.886 bits per heavy atom. The Balaban J connectivity index is 6.60. The molecule has 0 spiro atoms. The third kappa shape index (κ3) is 28.1. The number of aliphatic carboxylic acids is 1. The normalized spacial score (nSPS) is 13.8. The number of nitrogens with one attached hydrogen (secondary N) is 6. The fraction of sp³-hybridized carbons (Fsp3) is 0.700. The highest BCUT2D eigenvalue weighted by Gasteiger charge is 2.35. The third-order valence-electron chi connectivity index (χ3n) is 10.1. The molecule has 0 radical (unpaired) electrons. The maximum Gasteiger partial charge on any atom is 0.326 e. The lowest BCUT2D eigenvalue weighted by Crippen LogP contribution is -2.61. The summed E-state index contributed by atoms with van der Waals surface area (Å²) >= 11 is 0. The van der Waals surface area contributed by atoms with Crippen LogP contribution in [-0.2, 0) is 33.6 Å². The van der Waals surface area contributed by atoms with Crippen molar-refractivity contribution in [3.8, 4) is 0 Å². The Labute approximate surface area is 407 Å². The maximum absolute atomic E-state index is 14.1. The van der Waals surface area contributed by atoms with Crippen LogP contribution in [0.15, 0.2) is 25.0 Å². The van der Waals surface area contributed by atoms with Crippen LogP contribution >= 0.6 is 0 Å². The van der Waals surface area contributed by atoms with Crippen LogP contribution < -0.4 is 95.0 Å². The number of hydrogen-bond donors (Lipinski definition) is 18. The minimum Gasteiger partial charge on any atom is -0.480 e. The van der Waals surface area contributed by atoms with Gasteiger partial charge < -0.3 is 100 Å². The van der Waals surface area contributed by atoms with Gasteiger partial charge in [0.25, 0.3) is 0 Å². The van der Waals surface area contributed by atoms with Crippen molar-refractivity contribution in [1.29, 1.82) is 0 Å². The first-order chi connectivity index (χ1) is 32.8. The molecule has 0 bridgehead atoms. The number of carboxylic acids is 1. The Morgan fingerprint density at radius 2 is 0.614 bits per heavy atom. The van der Waals surface area contributed by atoms with E-state index in [1.54, 1.807) is 27.7 Å². The molecule has 0 heterocycles. The van der Waals surface area contributed by atoms with Gasteiger partial charge in [-0.05, 0) is 76.0 Å². The van der Waals surface area contributed by atoms with Crippen LogP contribution in [0.1, 0.15) is 91.9 Å². The maximum atomic E-state index is 14.1. The molecule has 0 aromatic carbocycles. The molecule has 0 aromatic rings. The molecule has 0 saturated heterocycles. The monoisotopic (exact) mass is 997 g/mol. The predicted octanol–water partition coefficient (Wildman–Crippen LogP) is -7.11. The van der Waals surface area contributed by atoms with Gasteiger partial charge in [0.1, 0.15) is 36.3 Å². The van der Waals surface area contributed by atoms with Crippen molar-refractivity contribution in [3.05, 3.63) is 0 Å². The van der Waals surface area contributed by atoms with Gasteiger partial charge in [0.2, 0.25) is 35.4 Å². The molecule has 29 N–H and O–H groups in total. The summed E-state index contributed by atoms with van der Waals surface area (Å²) < 4.78 is 0. The molecule has 0 rings (SSSR count). The first-order valence-corrected chi connectivity index (χ1v) is 22.8. The first kappa shape index (κ1) is 62.6. The number of amides is 6. The molecule has 0 aromatic heterocycles. The van der Waals surface area contributed by atoms with Crippen LogP contribution in [0.2, 0.25) is 0 Å². The topological polar surface area (TPSA) is 560 Å². The Morgan fingerprint density at radius 1 is 0.371 bits per heavy atom. The zero-order valence-electron chi connectivity index (χ0n) is 40.7. The average Bonchev–Trinajstić information content (AvgIpc) is 3.26. The summed E-state index contributed by atoms with van der Waals surface area (Å²) in [6.45, 7) is 7.10. The van der Waals surface area contributed by atoms with Gasteiger partial charge in [-0.2, -0.15) is 0 Å². The number of hydrogen-bond acceptors (Lipinski definition) is 13. The smallest absolute Gasteiger partial charge is 0.326 e. The lowest BCUT2D eigenvalue weighted by Gasteiger charge is -2.29. The van der Waals surface area contributed by atoms with Gasteiger partial charge >= 0.3 is 5.97 Å². The van der Waals surface area contributed by atoms with Crippen molar-refractivity contribution in [1.82, 2.24) is 31.9 Å². The standard InChI is InChI=1S/C40H80N22O8/c1-20(2)27(33(67)58-23(11-6-16-53-37(44)45)30(64)60-26(35(69)70)14-9-19-56-40(50)51)62-32(66)25(13-8-18-55-39(48)49)59-34(68)28(21(3)4)61-31(65)24(12-7-17-54-38(46)47)57-29(63)22(41)10-5-15-52-36(42)43/h20-28H,5-19,41H2,1-4H3,(H,57,63)(H,58,67)(H,59,68)(H,60,64)(H,61,65)(H,62,66)(H,69,70)(H4,42,43,52)(H4,44,45,53)(H4,46,47,54)(H4,48,49,55)(H4,50,51,56)/t22-,23-,24-,25-,26-,27-,28-/m0/s1. The zero-order chi connectivity index (χ0) is 53.5. The van der Waals surface area contributed by atoms with Gasteiger partial charge in [-0.15, -0.1) is 0 Å². The average molecular weight is 997 g/mol. The molecule has 0 unspecified atom stereocenters. The van der Waals surface area contributed by atoms with Crippen LogP contribution in [0.5, 0.6) is 0 Å². The van der Waals surface area contributed by atoms with Crippen molar-refractivity contribution >= 4 is 71.2 Å². The van der Waals surface area contributed by atoms with Crippen LogP contribution in [-0.4, -0.2) is 151 Å². The summed E-state index contributed by atoms with van der Waals surface area (Å²) in [4.78, 5) is 114. The Bertz CT molecular complexity index is 1840. The molecular formula is C40H80N22O8. The van der Waals surface area contributed by atoms with Crippen LogP contribution in [0.3, 0.4) is 0 Å². The molecule has 0 fully saturated rings. The Hall–Kier alpha value is -7.40. The number of nitrogens with two attached hydrogens (primary N) is 11. The second-order valence-electron chi connectivity index (χ2n) is 16.9. The SMILES string of the molecule is CC(C)[C@H](NC(=O)[C@H](CCCN=C(N)N)NC(=O)[C@@H](NC(=O)[C@H](CCCN=C(N)N)NC(=O)[C@@H](N)CCCN=C(N)N)C(C)C)C(=O)N[C@@H](CCCN=C(N)N)C(=O)N[C@@H](CCCN=C(N)N)C(=O)O. The molecule has 6 amide bonds. The summed E-state index contributed by atoms with van der Waals surface area (Å²) in [5, 5.41) is 25.5. The molecule has 0 aliphatic carbocycles. The van der Waals surface area contributed by atoms with Crippen molar-refractivity contribution in [2.75, 3.05) is 32.7 Å². The van der Waals surface area contributed by atoms with Gasteiger partial charge in [-0.25, -0.2) is 4.79 Å². The Kier molecular flexibility index (Phi) is 30.4. The lowest BCUT2D eigenvalue weighted by molar-refractivity contribution is -0.142. The molecule has 30 nitrogen and oxygen atoms in total. The van der Waals surface area contributed by atoms with Crippen molar-refractivity contribution < 1.29 is 38.7 Å². The molecular weight excluding hydrogens is 917 g/mol. The van der Waals surface area contributed by atoms with Crippen LogP contribution in [0.25, 0.3) is 0 Å².